The smallest absolute Gasteiger partial charge is 0.307 e. The van der Waals surface area contributed by atoms with Crippen molar-refractivity contribution in [3.05, 3.63) is 46.6 Å². The Bertz CT molecular complexity index is 1460. The summed E-state index contributed by atoms with van der Waals surface area (Å²) in [5.74, 6) is -0.881. The number of rotatable bonds is 13. The van der Waals surface area contributed by atoms with Gasteiger partial charge in [0, 0.05) is 56.3 Å². The molecule has 3 aromatic rings. The Labute approximate surface area is 267 Å². The summed E-state index contributed by atoms with van der Waals surface area (Å²) in [5.41, 5.74) is 2.31. The molecule has 0 amide bonds. The molecular weight excluding hydrogens is 600 g/mol. The zero-order valence-corrected chi connectivity index (χ0v) is 27.3. The fourth-order valence-corrected chi connectivity index (χ4v) is 7.12. The number of methoxy groups -OCH3 is 1. The van der Waals surface area contributed by atoms with Gasteiger partial charge < -0.3 is 19.7 Å². The fourth-order valence-electron chi connectivity index (χ4n) is 6.11. The molecule has 2 aromatic heterocycles. The third-order valence-corrected chi connectivity index (χ3v) is 9.50. The van der Waals surface area contributed by atoms with Gasteiger partial charge in [-0.05, 0) is 63.4 Å². The summed E-state index contributed by atoms with van der Waals surface area (Å²) in [7, 11) is 1.63. The van der Waals surface area contributed by atoms with Gasteiger partial charge in [-0.2, -0.15) is 4.39 Å². The van der Waals surface area contributed by atoms with Gasteiger partial charge in [0.05, 0.1) is 31.4 Å². The van der Waals surface area contributed by atoms with Crippen molar-refractivity contribution in [1.29, 1.82) is 0 Å². The molecule has 0 aliphatic carbocycles. The Balaban J connectivity index is 1.37. The van der Waals surface area contributed by atoms with E-state index in [9.17, 15) is 9.18 Å². The van der Waals surface area contributed by atoms with Crippen molar-refractivity contribution < 1.29 is 23.0 Å². The number of likely N-dealkylation sites (tertiary alicyclic amines) is 1. The lowest BCUT2D eigenvalue weighted by atomic mass is 10.1. The summed E-state index contributed by atoms with van der Waals surface area (Å²) in [6, 6.07) is 5.43. The third kappa shape index (κ3) is 8.13. The maximum absolute atomic E-state index is 16.0. The Morgan fingerprint density at radius 3 is 2.71 bits per heavy atom. The van der Waals surface area contributed by atoms with E-state index in [2.05, 4.69) is 32.0 Å². The first-order valence-electron chi connectivity index (χ1n) is 15.7. The summed E-state index contributed by atoms with van der Waals surface area (Å²) in [6.07, 6.45) is 4.62. The minimum atomic E-state index is -0.570. The summed E-state index contributed by atoms with van der Waals surface area (Å²) in [4.78, 5) is 32.8. The number of hydrogen-bond acceptors (Lipinski definition) is 11. The van der Waals surface area contributed by atoms with Gasteiger partial charge in [-0.25, -0.2) is 19.3 Å². The highest BCUT2D eigenvalue weighted by Crippen LogP contribution is 2.36. The molecule has 0 bridgehead atoms. The normalized spacial score (nSPS) is 19.3. The van der Waals surface area contributed by atoms with E-state index >= 15 is 4.39 Å². The Hall–Kier alpha value is -3.26. The van der Waals surface area contributed by atoms with Crippen molar-refractivity contribution in [1.82, 2.24) is 24.8 Å². The van der Waals surface area contributed by atoms with Crippen molar-refractivity contribution in [2.24, 2.45) is 0 Å². The summed E-state index contributed by atoms with van der Waals surface area (Å²) >= 11 is 1.44. The fraction of sp³-hybridized carbons (Fsp3) is 0.562. The van der Waals surface area contributed by atoms with Crippen LogP contribution in [0.25, 0.3) is 11.3 Å². The lowest BCUT2D eigenvalue weighted by Crippen LogP contribution is -2.55. The number of piperazine rings is 1. The Morgan fingerprint density at radius 1 is 1.13 bits per heavy atom. The molecule has 1 N–H and O–H groups in total. The zero-order chi connectivity index (χ0) is 31.9. The number of nitrogens with zero attached hydrogens (tertiary/aromatic N) is 6. The van der Waals surface area contributed by atoms with Gasteiger partial charge in [-0.15, -0.1) is 0 Å². The predicted octanol–water partition coefficient (Wildman–Crippen LogP) is 5.26. The van der Waals surface area contributed by atoms with Crippen molar-refractivity contribution in [2.45, 2.75) is 65.1 Å². The molecule has 45 heavy (non-hydrogen) atoms. The number of hydrogen-bond donors (Lipinski definition) is 1. The highest BCUT2D eigenvalue weighted by molar-refractivity contribution is 7.16. The first-order chi connectivity index (χ1) is 21.8. The van der Waals surface area contributed by atoms with E-state index in [1.165, 1.54) is 23.7 Å². The van der Waals surface area contributed by atoms with Crippen LogP contribution in [-0.2, 0) is 27.2 Å². The summed E-state index contributed by atoms with van der Waals surface area (Å²) < 4.78 is 41.2. The van der Waals surface area contributed by atoms with Crippen LogP contribution in [0.3, 0.4) is 0 Å². The largest absolute Gasteiger partial charge is 0.466 e. The molecule has 0 spiro atoms. The molecule has 0 saturated carbocycles. The van der Waals surface area contributed by atoms with E-state index in [1.54, 1.807) is 20.1 Å². The molecule has 244 valence electrons. The molecule has 2 aliphatic rings. The number of ether oxygens (including phenoxy) is 2. The number of aryl methyl sites for hydroxylation is 1. The Kier molecular flexibility index (Phi) is 11.3. The average molecular weight is 644 g/mol. The number of anilines is 3. The van der Waals surface area contributed by atoms with Gasteiger partial charge in [0.2, 0.25) is 5.82 Å². The topological polar surface area (TPSA) is 96.0 Å². The van der Waals surface area contributed by atoms with Crippen LogP contribution in [0.2, 0.25) is 0 Å². The number of halogens is 2. The standard InChI is InChI=1S/C32H43F2N7O3S/c1-5-22-14-23(16-24(33)15-22)29-26(18-40-10-7-8-21(40)3)45-32(37-29)38-30-28(34)31(36-20-35-30)41-13-12-39(25(17-41)19-43-4)11-9-27(42)44-6-2/h14-16,20-21,25H,5-13,17-19H2,1-4H3,(H,35,36,37,38)/t21-,25+/m1/s1. The highest BCUT2D eigenvalue weighted by Gasteiger charge is 2.31. The quantitative estimate of drug-likeness (QED) is 0.249. The molecule has 1 aromatic carbocycles. The van der Waals surface area contributed by atoms with Crippen molar-refractivity contribution in [3.63, 3.8) is 0 Å². The van der Waals surface area contributed by atoms with E-state index in [0.29, 0.717) is 74.8 Å². The molecule has 2 atom stereocenters. The van der Waals surface area contributed by atoms with Crippen LogP contribution in [0.1, 0.15) is 50.5 Å². The average Bonchev–Trinajstić information content (AvgIpc) is 3.62. The number of thiazole rings is 1. The number of esters is 1. The van der Waals surface area contributed by atoms with Crippen molar-refractivity contribution in [3.8, 4) is 11.3 Å². The number of carbonyl (C=O) groups is 1. The molecule has 0 radical (unpaired) electrons. The molecule has 5 rings (SSSR count). The SMILES string of the molecule is CCOC(=O)CCN1CCN(c2ncnc(Nc3nc(-c4cc(F)cc(CC)c4)c(CN4CCC[C@H]4C)s3)c2F)C[C@H]1COC. The second-order valence-electron chi connectivity index (χ2n) is 11.6. The summed E-state index contributed by atoms with van der Waals surface area (Å²) in [5, 5.41) is 3.59. The van der Waals surface area contributed by atoms with E-state index in [4.69, 9.17) is 14.5 Å². The number of aromatic nitrogens is 3. The first-order valence-corrected chi connectivity index (χ1v) is 16.6. The van der Waals surface area contributed by atoms with E-state index < -0.39 is 5.82 Å². The van der Waals surface area contributed by atoms with E-state index in [0.717, 1.165) is 29.8 Å². The van der Waals surface area contributed by atoms with Crippen LogP contribution < -0.4 is 10.2 Å². The number of carbonyl (C=O) groups excluding carboxylic acids is 1. The van der Waals surface area contributed by atoms with Crippen molar-refractivity contribution >= 4 is 34.1 Å². The molecule has 2 saturated heterocycles. The second-order valence-corrected chi connectivity index (χ2v) is 12.7. The van der Waals surface area contributed by atoms with Crippen LogP contribution in [0.15, 0.2) is 24.5 Å². The van der Waals surface area contributed by atoms with Crippen LogP contribution in [0.4, 0.5) is 25.5 Å². The molecule has 2 fully saturated rings. The van der Waals surface area contributed by atoms with Crippen LogP contribution in [-0.4, -0.2) is 95.9 Å². The van der Waals surface area contributed by atoms with Gasteiger partial charge in [-0.1, -0.05) is 18.3 Å². The van der Waals surface area contributed by atoms with E-state index in [1.807, 2.05) is 17.9 Å². The van der Waals surface area contributed by atoms with Crippen LogP contribution >= 0.6 is 11.3 Å². The third-order valence-electron chi connectivity index (χ3n) is 8.54. The molecule has 2 aliphatic heterocycles. The number of nitrogens with one attached hydrogen (secondary N) is 1. The molecule has 13 heteroatoms. The Morgan fingerprint density at radius 2 is 1.98 bits per heavy atom. The second kappa shape index (κ2) is 15.4. The molecular formula is C32H43F2N7O3S. The van der Waals surface area contributed by atoms with Gasteiger partial charge in [0.25, 0.3) is 0 Å². The maximum Gasteiger partial charge on any atom is 0.307 e. The van der Waals surface area contributed by atoms with Gasteiger partial charge in [0.1, 0.15) is 12.1 Å². The van der Waals surface area contributed by atoms with Gasteiger partial charge in [0.15, 0.2) is 16.8 Å². The van der Waals surface area contributed by atoms with Gasteiger partial charge >= 0.3 is 5.97 Å². The molecule has 10 nitrogen and oxygen atoms in total. The maximum atomic E-state index is 16.0. The summed E-state index contributed by atoms with van der Waals surface area (Å²) in [6.45, 7) is 10.6. The van der Waals surface area contributed by atoms with Crippen LogP contribution in [0, 0.1) is 11.6 Å². The first kappa shape index (κ1) is 33.1. The predicted molar refractivity (Wildman–Crippen MR) is 172 cm³/mol. The van der Waals surface area contributed by atoms with E-state index in [-0.39, 0.29) is 35.9 Å². The lowest BCUT2D eigenvalue weighted by Gasteiger charge is -2.41. The van der Waals surface area contributed by atoms with Crippen LogP contribution in [0.5, 0.6) is 0 Å². The van der Waals surface area contributed by atoms with Crippen molar-refractivity contribution in [2.75, 3.05) is 63.3 Å². The number of benzene rings is 1. The minimum Gasteiger partial charge on any atom is -0.466 e. The lowest BCUT2D eigenvalue weighted by molar-refractivity contribution is -0.143. The zero-order valence-electron chi connectivity index (χ0n) is 26.5. The molecule has 0 unspecified atom stereocenters. The van der Waals surface area contributed by atoms with Gasteiger partial charge in [-0.3, -0.25) is 14.6 Å². The minimum absolute atomic E-state index is 0.0305. The monoisotopic (exact) mass is 643 g/mol. The highest BCUT2D eigenvalue weighted by atomic mass is 32.1. The molecule has 4 heterocycles.